The van der Waals surface area contributed by atoms with E-state index in [2.05, 4.69) is 20.2 Å². The summed E-state index contributed by atoms with van der Waals surface area (Å²) < 4.78 is 14.6. The van der Waals surface area contributed by atoms with E-state index in [1.165, 1.54) is 11.8 Å². The molecule has 2 aliphatic heterocycles. The molecular formula is C15H17ClFN5S. The predicted molar refractivity (Wildman–Crippen MR) is 91.0 cm³/mol. The Labute approximate surface area is 143 Å². The first-order valence-electron chi connectivity index (χ1n) is 7.84. The zero-order valence-corrected chi connectivity index (χ0v) is 14.3. The molecule has 2 aromatic heterocycles. The lowest BCUT2D eigenvalue weighted by molar-refractivity contribution is 0.454. The van der Waals surface area contributed by atoms with Crippen LogP contribution in [0.25, 0.3) is 10.9 Å². The minimum absolute atomic E-state index is 0.0948. The smallest absolute Gasteiger partial charge is 0.190 e. The number of fused-ring (bicyclic) bond motifs is 2. The molecule has 0 aliphatic carbocycles. The molecule has 1 N–H and O–H groups in total. The molecule has 5 nitrogen and oxygen atoms in total. The third-order valence-corrected chi connectivity index (χ3v) is 5.37. The average Bonchev–Trinajstić information content (AvgIpc) is 2.71. The van der Waals surface area contributed by atoms with Crippen molar-refractivity contribution in [1.29, 1.82) is 0 Å². The predicted octanol–water partition coefficient (Wildman–Crippen LogP) is 2.65. The molecule has 8 heteroatoms. The van der Waals surface area contributed by atoms with Crippen LogP contribution in [0.1, 0.15) is 19.0 Å². The number of thioether (sulfide) groups is 1. The molecule has 0 radical (unpaired) electrons. The van der Waals surface area contributed by atoms with Crippen LogP contribution in [0.4, 0.5) is 10.2 Å². The summed E-state index contributed by atoms with van der Waals surface area (Å²) in [4.78, 5) is 15.7. The standard InChI is InChI=1S/C15H17ClFN5S/c1-2-23-15-20-12-10-9(19-13(16)11(12)17)4-3-8-7-18-5-6-22(8)14(10)21-15/h8,18H,2-7H2,1H3. The fourth-order valence-corrected chi connectivity index (χ4v) is 4.11. The van der Waals surface area contributed by atoms with Gasteiger partial charge in [0.15, 0.2) is 16.1 Å². The lowest BCUT2D eigenvalue weighted by Crippen LogP contribution is -2.51. The fourth-order valence-electron chi connectivity index (χ4n) is 3.36. The molecule has 122 valence electrons. The molecule has 23 heavy (non-hydrogen) atoms. The number of pyridine rings is 1. The van der Waals surface area contributed by atoms with Crippen LogP contribution in [0.2, 0.25) is 5.15 Å². The number of anilines is 1. The molecule has 2 aromatic rings. The number of halogens is 2. The van der Waals surface area contributed by atoms with Crippen LogP contribution < -0.4 is 10.2 Å². The molecular weight excluding hydrogens is 337 g/mol. The summed E-state index contributed by atoms with van der Waals surface area (Å²) in [7, 11) is 0. The summed E-state index contributed by atoms with van der Waals surface area (Å²) in [6.07, 6.45) is 1.71. The zero-order chi connectivity index (χ0) is 16.0. The second kappa shape index (κ2) is 6.03. The van der Waals surface area contributed by atoms with Crippen molar-refractivity contribution in [2.75, 3.05) is 30.3 Å². The summed E-state index contributed by atoms with van der Waals surface area (Å²) in [6.45, 7) is 4.70. The number of rotatable bonds is 2. The minimum atomic E-state index is -0.541. The third-order valence-electron chi connectivity index (χ3n) is 4.39. The second-order valence-electron chi connectivity index (χ2n) is 5.74. The lowest BCUT2D eigenvalue weighted by atomic mass is 10.1. The maximum atomic E-state index is 14.6. The Morgan fingerprint density at radius 1 is 1.39 bits per heavy atom. The van der Waals surface area contributed by atoms with Gasteiger partial charge in [0.25, 0.3) is 0 Å². The zero-order valence-electron chi connectivity index (χ0n) is 12.8. The van der Waals surface area contributed by atoms with Crippen LogP contribution >= 0.6 is 23.4 Å². The molecule has 2 aliphatic rings. The van der Waals surface area contributed by atoms with Crippen molar-refractivity contribution >= 4 is 40.1 Å². The van der Waals surface area contributed by atoms with Crippen LogP contribution in [0.15, 0.2) is 5.16 Å². The molecule has 0 saturated carbocycles. The highest BCUT2D eigenvalue weighted by molar-refractivity contribution is 7.99. The first-order valence-corrected chi connectivity index (χ1v) is 9.21. The van der Waals surface area contributed by atoms with Gasteiger partial charge >= 0.3 is 0 Å². The highest BCUT2D eigenvalue weighted by atomic mass is 35.5. The molecule has 4 rings (SSSR count). The fraction of sp³-hybridized carbons (Fsp3) is 0.533. The highest BCUT2D eigenvalue weighted by Crippen LogP contribution is 2.37. The number of nitrogens with zero attached hydrogens (tertiary/aromatic N) is 4. The number of hydrogen-bond donors (Lipinski definition) is 1. The number of hydrogen-bond acceptors (Lipinski definition) is 6. The van der Waals surface area contributed by atoms with Gasteiger partial charge in [-0.25, -0.2) is 19.3 Å². The number of nitrogens with one attached hydrogen (secondary N) is 1. The topological polar surface area (TPSA) is 53.9 Å². The van der Waals surface area contributed by atoms with Gasteiger partial charge in [-0.15, -0.1) is 0 Å². The van der Waals surface area contributed by atoms with E-state index < -0.39 is 5.82 Å². The lowest BCUT2D eigenvalue weighted by Gasteiger charge is -2.36. The van der Waals surface area contributed by atoms with E-state index >= 15 is 0 Å². The van der Waals surface area contributed by atoms with E-state index in [-0.39, 0.29) is 5.15 Å². The van der Waals surface area contributed by atoms with Crippen molar-refractivity contribution in [3.63, 3.8) is 0 Å². The second-order valence-corrected chi connectivity index (χ2v) is 7.33. The van der Waals surface area contributed by atoms with Crippen molar-refractivity contribution < 1.29 is 4.39 Å². The van der Waals surface area contributed by atoms with E-state index in [0.29, 0.717) is 16.7 Å². The SMILES string of the molecule is CCSc1nc2c3c(nc(Cl)c(F)c3n1)CCC1CNCCN21. The Kier molecular flexibility index (Phi) is 4.03. The van der Waals surface area contributed by atoms with E-state index in [4.69, 9.17) is 16.6 Å². The van der Waals surface area contributed by atoms with E-state index in [1.54, 1.807) is 0 Å². The van der Waals surface area contributed by atoms with Gasteiger partial charge in [0, 0.05) is 25.7 Å². The van der Waals surface area contributed by atoms with Gasteiger partial charge in [0.05, 0.1) is 11.1 Å². The van der Waals surface area contributed by atoms with Gasteiger partial charge in [-0.2, -0.15) is 0 Å². The Morgan fingerprint density at radius 3 is 3.09 bits per heavy atom. The summed E-state index contributed by atoms with van der Waals surface area (Å²) in [5.74, 6) is 1.11. The molecule has 1 saturated heterocycles. The minimum Gasteiger partial charge on any atom is -0.350 e. The van der Waals surface area contributed by atoms with Gasteiger partial charge in [-0.1, -0.05) is 30.3 Å². The van der Waals surface area contributed by atoms with E-state index in [1.807, 2.05) is 6.92 Å². The van der Waals surface area contributed by atoms with E-state index in [0.717, 1.165) is 55.1 Å². The first kappa shape index (κ1) is 15.4. The molecule has 0 aromatic carbocycles. The van der Waals surface area contributed by atoms with Crippen molar-refractivity contribution in [1.82, 2.24) is 20.3 Å². The molecule has 1 atom stereocenters. The summed E-state index contributed by atoms with van der Waals surface area (Å²) in [5, 5.41) is 4.66. The van der Waals surface area contributed by atoms with Crippen LogP contribution in [0, 0.1) is 5.82 Å². The third kappa shape index (κ3) is 2.55. The molecule has 0 spiro atoms. The number of aromatic nitrogens is 3. The van der Waals surface area contributed by atoms with Crippen LogP contribution in [0.5, 0.6) is 0 Å². The Hall–Kier alpha value is -1.18. The number of aryl methyl sites for hydroxylation is 1. The van der Waals surface area contributed by atoms with Crippen LogP contribution in [0.3, 0.4) is 0 Å². The molecule has 1 fully saturated rings. The quantitative estimate of drug-likeness (QED) is 0.509. The van der Waals surface area contributed by atoms with Crippen molar-refractivity contribution in [2.24, 2.45) is 0 Å². The molecule has 0 amide bonds. The summed E-state index contributed by atoms with van der Waals surface area (Å²) in [6, 6.07) is 0.345. The van der Waals surface area contributed by atoms with Crippen molar-refractivity contribution in [3.8, 4) is 0 Å². The van der Waals surface area contributed by atoms with Crippen molar-refractivity contribution in [2.45, 2.75) is 31.0 Å². The van der Waals surface area contributed by atoms with Crippen LogP contribution in [-0.4, -0.2) is 46.4 Å². The normalized spacial score (nSPS) is 20.5. The first-order chi connectivity index (χ1) is 11.2. The largest absolute Gasteiger partial charge is 0.350 e. The Balaban J connectivity index is 2.01. The Morgan fingerprint density at radius 2 is 2.26 bits per heavy atom. The Bertz CT molecular complexity index is 771. The monoisotopic (exact) mass is 353 g/mol. The van der Waals surface area contributed by atoms with Crippen molar-refractivity contribution in [3.05, 3.63) is 16.7 Å². The maximum Gasteiger partial charge on any atom is 0.190 e. The summed E-state index contributed by atoms with van der Waals surface area (Å²) in [5.41, 5.74) is 1.11. The highest BCUT2D eigenvalue weighted by Gasteiger charge is 2.31. The van der Waals surface area contributed by atoms with Gasteiger partial charge < -0.3 is 10.2 Å². The number of piperazine rings is 1. The van der Waals surface area contributed by atoms with Crippen LogP contribution in [-0.2, 0) is 6.42 Å². The average molecular weight is 354 g/mol. The van der Waals surface area contributed by atoms with Gasteiger partial charge in [0.1, 0.15) is 11.3 Å². The van der Waals surface area contributed by atoms with Gasteiger partial charge in [-0.3, -0.25) is 0 Å². The van der Waals surface area contributed by atoms with Gasteiger partial charge in [0.2, 0.25) is 0 Å². The molecule has 1 unspecified atom stereocenters. The molecule has 0 bridgehead atoms. The molecule has 4 heterocycles. The van der Waals surface area contributed by atoms with Gasteiger partial charge in [-0.05, 0) is 18.6 Å². The maximum absolute atomic E-state index is 14.6. The van der Waals surface area contributed by atoms with E-state index in [9.17, 15) is 4.39 Å². The summed E-state index contributed by atoms with van der Waals surface area (Å²) >= 11 is 7.52.